The minimum Gasteiger partial charge on any atom is -0.424 e. The van der Waals surface area contributed by atoms with E-state index in [1.807, 2.05) is 40.2 Å². The van der Waals surface area contributed by atoms with E-state index in [9.17, 15) is 4.79 Å². The molecular formula is C44H51N17O3. The third-order valence-corrected chi connectivity index (χ3v) is 12.4. The van der Waals surface area contributed by atoms with Crippen LogP contribution < -0.4 is 27.0 Å². The summed E-state index contributed by atoms with van der Waals surface area (Å²) in [4.78, 5) is 56.0. The van der Waals surface area contributed by atoms with E-state index in [-0.39, 0.29) is 11.9 Å². The lowest BCUT2D eigenvalue weighted by atomic mass is 9.97. The molecule has 0 unspecified atom stereocenters. The number of fused-ring (bicyclic) bond motifs is 3. The highest BCUT2D eigenvalue weighted by Crippen LogP contribution is 2.33. The van der Waals surface area contributed by atoms with Gasteiger partial charge in [0.25, 0.3) is 11.9 Å². The third kappa shape index (κ3) is 8.72. The smallest absolute Gasteiger partial charge is 0.292 e. The van der Waals surface area contributed by atoms with Crippen LogP contribution in [0.1, 0.15) is 32.6 Å². The minimum atomic E-state index is -0.0730. The van der Waals surface area contributed by atoms with E-state index in [0.29, 0.717) is 84.5 Å². The van der Waals surface area contributed by atoms with Crippen LogP contribution in [0.5, 0.6) is 0 Å². The molecule has 0 spiro atoms. The Morgan fingerprint density at radius 2 is 1.42 bits per heavy atom. The van der Waals surface area contributed by atoms with E-state index in [2.05, 4.69) is 72.7 Å². The number of carbonyl (C=O) groups is 1. The summed E-state index contributed by atoms with van der Waals surface area (Å²) in [5.74, 6) is 1.69. The largest absolute Gasteiger partial charge is 0.424 e. The van der Waals surface area contributed by atoms with E-state index in [1.165, 1.54) is 11.9 Å². The summed E-state index contributed by atoms with van der Waals surface area (Å²) in [6.45, 7) is 12.4. The van der Waals surface area contributed by atoms with Crippen LogP contribution in [0.4, 0.5) is 23.7 Å². The lowest BCUT2D eigenvalue weighted by molar-refractivity contribution is 0.0733. The fourth-order valence-corrected chi connectivity index (χ4v) is 8.71. The molecule has 0 atom stereocenters. The van der Waals surface area contributed by atoms with Crippen molar-refractivity contribution in [1.82, 2.24) is 59.4 Å². The monoisotopic (exact) mass is 865 g/mol. The maximum Gasteiger partial charge on any atom is 0.292 e. The number of oxazole rings is 1. The van der Waals surface area contributed by atoms with Crippen LogP contribution in [0.15, 0.2) is 71.9 Å². The Morgan fingerprint density at radius 3 is 2.11 bits per heavy atom. The second kappa shape index (κ2) is 18.1. The van der Waals surface area contributed by atoms with Gasteiger partial charge in [0, 0.05) is 121 Å². The number of nitrogens with two attached hydrogens (primary N) is 3. The van der Waals surface area contributed by atoms with Crippen molar-refractivity contribution >= 4 is 51.8 Å². The lowest BCUT2D eigenvalue weighted by Crippen LogP contribution is -2.48. The zero-order valence-electron chi connectivity index (χ0n) is 35.6. The van der Waals surface area contributed by atoms with Crippen LogP contribution in [0.25, 0.3) is 33.4 Å². The van der Waals surface area contributed by atoms with Crippen molar-refractivity contribution in [2.45, 2.75) is 26.1 Å². The summed E-state index contributed by atoms with van der Waals surface area (Å²) < 4.78 is 13.3. The van der Waals surface area contributed by atoms with Crippen molar-refractivity contribution in [2.75, 3.05) is 106 Å². The Labute approximate surface area is 369 Å². The van der Waals surface area contributed by atoms with Crippen LogP contribution >= 0.6 is 0 Å². The molecule has 0 radical (unpaired) electrons. The van der Waals surface area contributed by atoms with Gasteiger partial charge in [-0.3, -0.25) is 14.6 Å². The Kier molecular flexibility index (Phi) is 11.6. The van der Waals surface area contributed by atoms with Gasteiger partial charge in [0.15, 0.2) is 11.2 Å². The van der Waals surface area contributed by atoms with Gasteiger partial charge in [-0.2, -0.15) is 10.1 Å². The average Bonchev–Trinajstić information content (AvgIpc) is 3.91. The van der Waals surface area contributed by atoms with Crippen molar-refractivity contribution in [3.05, 3.63) is 95.3 Å². The zero-order valence-corrected chi connectivity index (χ0v) is 35.6. The number of ether oxygens (including phenoxy) is 1. The molecule has 10 rings (SSSR count). The van der Waals surface area contributed by atoms with Gasteiger partial charge in [0.05, 0.1) is 30.7 Å². The van der Waals surface area contributed by atoms with Gasteiger partial charge < -0.3 is 41.1 Å². The predicted octanol–water partition coefficient (Wildman–Crippen LogP) is 2.05. The van der Waals surface area contributed by atoms with Gasteiger partial charge in [-0.05, 0) is 41.3 Å². The van der Waals surface area contributed by atoms with Crippen LogP contribution in [0.3, 0.4) is 0 Å². The Bertz CT molecular complexity index is 2740. The number of hydrogen-bond donors (Lipinski definition) is 3. The quantitative estimate of drug-likeness (QED) is 0.141. The van der Waals surface area contributed by atoms with Gasteiger partial charge in [-0.1, -0.05) is 18.2 Å². The topological polar surface area (TPSA) is 242 Å². The first-order valence-electron chi connectivity index (χ1n) is 21.7. The van der Waals surface area contributed by atoms with Crippen LogP contribution in [-0.4, -0.2) is 150 Å². The Morgan fingerprint density at radius 1 is 0.734 bits per heavy atom. The number of nitrogen functional groups attached to an aromatic ring is 2. The lowest BCUT2D eigenvalue weighted by Gasteiger charge is -2.35. The third-order valence-electron chi connectivity index (χ3n) is 12.4. The van der Waals surface area contributed by atoms with Crippen molar-refractivity contribution in [3.8, 4) is 11.3 Å². The molecule has 3 aliphatic heterocycles. The molecule has 2 fully saturated rings. The van der Waals surface area contributed by atoms with Crippen LogP contribution in [0, 0.1) is 0 Å². The molecular weight excluding hydrogens is 815 g/mol. The number of rotatable bonds is 13. The molecule has 7 aromatic rings. The Balaban J connectivity index is 0.676. The first kappa shape index (κ1) is 41.2. The van der Waals surface area contributed by atoms with Gasteiger partial charge in [-0.15, -0.1) is 0 Å². The number of benzene rings is 2. The average molecular weight is 866 g/mol. The molecule has 0 bridgehead atoms. The zero-order chi connectivity index (χ0) is 43.6. The highest BCUT2D eigenvalue weighted by molar-refractivity contribution is 5.99. The molecule has 20 nitrogen and oxygen atoms in total. The van der Waals surface area contributed by atoms with Crippen molar-refractivity contribution in [3.63, 3.8) is 0 Å². The molecule has 20 heteroatoms. The molecule has 5 aromatic heterocycles. The fraction of sp³-hybridized carbons (Fsp3) is 0.386. The van der Waals surface area contributed by atoms with E-state index in [0.717, 1.165) is 100 Å². The molecule has 6 N–H and O–H groups in total. The number of carbonyl (C=O) groups excluding carboxylic acids is 1. The molecule has 2 saturated heterocycles. The number of piperazine rings is 2. The molecule has 1 amide bonds. The summed E-state index contributed by atoms with van der Waals surface area (Å²) in [5, 5.41) is 5.62. The van der Waals surface area contributed by atoms with Crippen molar-refractivity contribution in [1.29, 1.82) is 0 Å². The number of nitrogens with zero attached hydrogens (tertiary/aromatic N) is 14. The van der Waals surface area contributed by atoms with Gasteiger partial charge >= 0.3 is 0 Å². The van der Waals surface area contributed by atoms with Crippen molar-refractivity contribution < 1.29 is 13.9 Å². The summed E-state index contributed by atoms with van der Waals surface area (Å²) in [6.07, 6.45) is 9.11. The molecule has 64 heavy (non-hydrogen) atoms. The van der Waals surface area contributed by atoms with Crippen LogP contribution in [0.2, 0.25) is 0 Å². The molecule has 0 aliphatic carbocycles. The second-order valence-corrected chi connectivity index (χ2v) is 16.4. The highest BCUT2D eigenvalue weighted by Gasteiger charge is 2.26. The summed E-state index contributed by atoms with van der Waals surface area (Å²) in [6, 6.07) is 12.0. The van der Waals surface area contributed by atoms with E-state index in [1.54, 1.807) is 12.4 Å². The van der Waals surface area contributed by atoms with E-state index >= 15 is 0 Å². The Hall–Kier alpha value is -6.87. The molecule has 3 aliphatic rings. The minimum absolute atomic E-state index is 0.0730. The normalized spacial score (nSPS) is 16.2. The SMILES string of the molecule is NCc1cnc(N2CCN(CCOCCN3CCN(c4ncc(C(=O)N5CCc6cc(Cn7nc(-c8ccc9oc(N)nc9c8)c8c(N)ncnc87)ccc6C5)cn4)CC3)CC2)nc1. The standard InChI is InChI=1S/C44H51N17O3/c45-21-30-22-48-43(49-23-30)58-11-7-56(8-12-58)15-17-63-18-16-57-9-13-59(14-10-57)44-50-24-34(25-51-44)41(62)60-6-5-31-19-29(1-2-33(31)27-60)26-61-40-37(39(46)52-28-53-40)38(55-61)32-3-4-36-35(20-32)54-42(47)64-36/h1-4,19-20,22-25,28H,5-18,21,26-27,45H2,(H2,47,54)(H2,46,52,53). The first-order chi connectivity index (χ1) is 31.3. The highest BCUT2D eigenvalue weighted by atomic mass is 16.5. The summed E-state index contributed by atoms with van der Waals surface area (Å²) >= 11 is 0. The van der Waals surface area contributed by atoms with Crippen molar-refractivity contribution in [2.24, 2.45) is 5.73 Å². The van der Waals surface area contributed by atoms with E-state index in [4.69, 9.17) is 31.5 Å². The maximum absolute atomic E-state index is 13.7. The maximum atomic E-state index is 13.7. The second-order valence-electron chi connectivity index (χ2n) is 16.4. The summed E-state index contributed by atoms with van der Waals surface area (Å²) in [7, 11) is 0. The molecule has 8 heterocycles. The molecule has 2 aromatic carbocycles. The predicted molar refractivity (Wildman–Crippen MR) is 241 cm³/mol. The number of amides is 1. The first-order valence-corrected chi connectivity index (χ1v) is 21.7. The van der Waals surface area contributed by atoms with Gasteiger partial charge in [0.2, 0.25) is 11.9 Å². The van der Waals surface area contributed by atoms with Crippen LogP contribution in [-0.2, 0) is 30.8 Å². The van der Waals surface area contributed by atoms with E-state index < -0.39 is 0 Å². The molecule has 0 saturated carbocycles. The van der Waals surface area contributed by atoms with Gasteiger partial charge in [0.1, 0.15) is 23.4 Å². The summed E-state index contributed by atoms with van der Waals surface area (Å²) in [5.41, 5.74) is 25.9. The number of hydrogen-bond acceptors (Lipinski definition) is 18. The van der Waals surface area contributed by atoms with Gasteiger partial charge in [-0.25, -0.2) is 34.6 Å². The number of aromatic nitrogens is 9. The molecule has 330 valence electrons. The fourth-order valence-electron chi connectivity index (χ4n) is 8.71. The number of anilines is 4.